The lowest BCUT2D eigenvalue weighted by Crippen LogP contribution is -2.45. The average molecular weight is 222 g/mol. The molecule has 0 bridgehead atoms. The molecular formula is C12H18N2O2. The maximum atomic E-state index is 5.78. The predicted molar refractivity (Wildman–Crippen MR) is 64.0 cm³/mol. The second kappa shape index (κ2) is 5.18. The Balaban J connectivity index is 2.17. The van der Waals surface area contributed by atoms with Gasteiger partial charge in [-0.2, -0.15) is 0 Å². The molecule has 0 fully saturated rings. The van der Waals surface area contributed by atoms with Crippen molar-refractivity contribution in [3.8, 4) is 5.75 Å². The summed E-state index contributed by atoms with van der Waals surface area (Å²) in [5, 5.41) is 0. The van der Waals surface area contributed by atoms with Crippen molar-refractivity contribution < 1.29 is 9.47 Å². The molecule has 0 aromatic heterocycles. The smallest absolute Gasteiger partial charge is 0.143 e. The van der Waals surface area contributed by atoms with Crippen LogP contribution in [0.15, 0.2) is 24.3 Å². The van der Waals surface area contributed by atoms with Crippen LogP contribution in [0.3, 0.4) is 0 Å². The first-order valence-electron chi connectivity index (χ1n) is 5.54. The number of ether oxygens (including phenoxy) is 2. The van der Waals surface area contributed by atoms with Crippen LogP contribution in [0.4, 0.5) is 5.69 Å². The zero-order chi connectivity index (χ0) is 11.4. The lowest BCUT2D eigenvalue weighted by Gasteiger charge is -2.35. The van der Waals surface area contributed by atoms with Crippen LogP contribution in [0, 0.1) is 0 Å². The summed E-state index contributed by atoms with van der Waals surface area (Å²) in [6.45, 7) is 2.95. The number of fused-ring (bicyclic) bond motifs is 1. The molecule has 88 valence electrons. The zero-order valence-corrected chi connectivity index (χ0v) is 9.56. The highest BCUT2D eigenvalue weighted by atomic mass is 16.5. The summed E-state index contributed by atoms with van der Waals surface area (Å²) in [7, 11) is 1.72. The summed E-state index contributed by atoms with van der Waals surface area (Å²) in [6, 6.07) is 8.05. The van der Waals surface area contributed by atoms with E-state index in [4.69, 9.17) is 15.2 Å². The molecule has 0 spiro atoms. The van der Waals surface area contributed by atoms with Gasteiger partial charge < -0.3 is 20.1 Å². The monoisotopic (exact) mass is 222 g/mol. The van der Waals surface area contributed by atoms with Gasteiger partial charge in [0.15, 0.2) is 0 Å². The normalized spacial score (nSPS) is 19.1. The van der Waals surface area contributed by atoms with Crippen molar-refractivity contribution in [1.29, 1.82) is 0 Å². The highest BCUT2D eigenvalue weighted by Crippen LogP contribution is 2.32. The topological polar surface area (TPSA) is 47.7 Å². The highest BCUT2D eigenvalue weighted by molar-refractivity contribution is 5.60. The van der Waals surface area contributed by atoms with E-state index in [0.717, 1.165) is 24.5 Å². The van der Waals surface area contributed by atoms with Crippen molar-refractivity contribution in [1.82, 2.24) is 0 Å². The lowest BCUT2D eigenvalue weighted by atomic mass is 10.2. The molecule has 1 aliphatic rings. The van der Waals surface area contributed by atoms with Crippen molar-refractivity contribution in [3.63, 3.8) is 0 Å². The number of anilines is 1. The number of hydrogen-bond donors (Lipinski definition) is 1. The van der Waals surface area contributed by atoms with E-state index in [9.17, 15) is 0 Å². The molecular weight excluding hydrogens is 204 g/mol. The first-order valence-corrected chi connectivity index (χ1v) is 5.54. The number of rotatable bonds is 4. The Bertz CT molecular complexity index is 344. The number of benzene rings is 1. The minimum Gasteiger partial charge on any atom is -0.485 e. The summed E-state index contributed by atoms with van der Waals surface area (Å²) in [5.74, 6) is 0.917. The summed E-state index contributed by atoms with van der Waals surface area (Å²) in [5.41, 5.74) is 6.80. The Hall–Kier alpha value is -1.26. The highest BCUT2D eigenvalue weighted by Gasteiger charge is 2.23. The van der Waals surface area contributed by atoms with Gasteiger partial charge in [-0.05, 0) is 12.1 Å². The van der Waals surface area contributed by atoms with E-state index >= 15 is 0 Å². The summed E-state index contributed by atoms with van der Waals surface area (Å²) >= 11 is 0. The fourth-order valence-corrected chi connectivity index (χ4v) is 1.91. The van der Waals surface area contributed by atoms with Gasteiger partial charge in [0, 0.05) is 20.2 Å². The first kappa shape index (κ1) is 11.2. The summed E-state index contributed by atoms with van der Waals surface area (Å²) in [4.78, 5) is 2.26. The van der Waals surface area contributed by atoms with Crippen molar-refractivity contribution in [2.24, 2.45) is 5.73 Å². The second-order valence-electron chi connectivity index (χ2n) is 3.88. The molecule has 2 N–H and O–H groups in total. The van der Waals surface area contributed by atoms with Crippen molar-refractivity contribution in [2.45, 2.75) is 6.10 Å². The van der Waals surface area contributed by atoms with E-state index in [-0.39, 0.29) is 6.10 Å². The van der Waals surface area contributed by atoms with E-state index in [2.05, 4.69) is 11.0 Å². The van der Waals surface area contributed by atoms with Gasteiger partial charge in [-0.15, -0.1) is 0 Å². The molecule has 1 heterocycles. The van der Waals surface area contributed by atoms with Gasteiger partial charge in [0.1, 0.15) is 11.9 Å². The molecule has 1 aliphatic heterocycles. The van der Waals surface area contributed by atoms with Crippen molar-refractivity contribution in [3.05, 3.63) is 24.3 Å². The van der Waals surface area contributed by atoms with Gasteiger partial charge in [-0.25, -0.2) is 0 Å². The Morgan fingerprint density at radius 2 is 2.31 bits per heavy atom. The Morgan fingerprint density at radius 3 is 3.06 bits per heavy atom. The van der Waals surface area contributed by atoms with E-state index in [0.29, 0.717) is 13.2 Å². The van der Waals surface area contributed by atoms with Crippen LogP contribution in [0.1, 0.15) is 0 Å². The molecule has 1 unspecified atom stereocenters. The standard InChI is InChI=1S/C12H18N2O2/c1-15-7-6-14-9-10(8-13)16-12-5-3-2-4-11(12)14/h2-5,10H,6-9,13H2,1H3. The third-order valence-electron chi connectivity index (χ3n) is 2.75. The van der Waals surface area contributed by atoms with Crippen LogP contribution in [0.5, 0.6) is 5.75 Å². The SMILES string of the molecule is COCCN1CC(CN)Oc2ccccc21. The van der Waals surface area contributed by atoms with Crippen LogP contribution in [-0.2, 0) is 4.74 Å². The van der Waals surface area contributed by atoms with Crippen molar-refractivity contribution >= 4 is 5.69 Å². The largest absolute Gasteiger partial charge is 0.485 e. The van der Waals surface area contributed by atoms with Gasteiger partial charge in [0.25, 0.3) is 0 Å². The summed E-state index contributed by atoms with van der Waals surface area (Å²) in [6.07, 6.45) is 0.0757. The fraction of sp³-hybridized carbons (Fsp3) is 0.500. The molecule has 0 radical (unpaired) electrons. The van der Waals surface area contributed by atoms with Crippen LogP contribution < -0.4 is 15.4 Å². The number of hydrogen-bond acceptors (Lipinski definition) is 4. The molecule has 0 amide bonds. The summed E-state index contributed by atoms with van der Waals surface area (Å²) < 4.78 is 10.9. The van der Waals surface area contributed by atoms with Crippen LogP contribution >= 0.6 is 0 Å². The van der Waals surface area contributed by atoms with E-state index in [1.165, 1.54) is 0 Å². The maximum absolute atomic E-state index is 5.78. The molecule has 4 nitrogen and oxygen atoms in total. The lowest BCUT2D eigenvalue weighted by molar-refractivity contribution is 0.181. The molecule has 1 atom stereocenters. The first-order chi connectivity index (χ1) is 7.85. The number of methoxy groups -OCH3 is 1. The van der Waals surface area contributed by atoms with Gasteiger partial charge in [-0.3, -0.25) is 0 Å². The maximum Gasteiger partial charge on any atom is 0.143 e. The zero-order valence-electron chi connectivity index (χ0n) is 9.56. The van der Waals surface area contributed by atoms with Gasteiger partial charge in [0.05, 0.1) is 18.8 Å². The second-order valence-corrected chi connectivity index (χ2v) is 3.88. The van der Waals surface area contributed by atoms with E-state index in [1.54, 1.807) is 7.11 Å². The third kappa shape index (κ3) is 2.28. The molecule has 1 aromatic carbocycles. The van der Waals surface area contributed by atoms with Crippen molar-refractivity contribution in [2.75, 3.05) is 38.3 Å². The molecule has 16 heavy (non-hydrogen) atoms. The Kier molecular flexibility index (Phi) is 3.64. The van der Waals surface area contributed by atoms with Crippen LogP contribution in [0.2, 0.25) is 0 Å². The molecule has 0 aliphatic carbocycles. The van der Waals surface area contributed by atoms with Crippen LogP contribution in [-0.4, -0.2) is 39.5 Å². The minimum absolute atomic E-state index is 0.0757. The molecule has 0 saturated carbocycles. The average Bonchev–Trinajstić information content (AvgIpc) is 2.35. The van der Waals surface area contributed by atoms with Crippen LogP contribution in [0.25, 0.3) is 0 Å². The Morgan fingerprint density at radius 1 is 1.50 bits per heavy atom. The van der Waals surface area contributed by atoms with Gasteiger partial charge in [-0.1, -0.05) is 12.1 Å². The number of para-hydroxylation sites is 2. The van der Waals surface area contributed by atoms with E-state index in [1.807, 2.05) is 18.2 Å². The number of nitrogens with zero attached hydrogens (tertiary/aromatic N) is 1. The molecule has 0 saturated heterocycles. The third-order valence-corrected chi connectivity index (χ3v) is 2.75. The Labute approximate surface area is 95.9 Å². The predicted octanol–water partition coefficient (Wildman–Crippen LogP) is 0.859. The quantitative estimate of drug-likeness (QED) is 0.821. The molecule has 4 heteroatoms. The fourth-order valence-electron chi connectivity index (χ4n) is 1.91. The van der Waals surface area contributed by atoms with E-state index < -0.39 is 0 Å². The molecule has 2 rings (SSSR count). The number of nitrogens with two attached hydrogens (primary N) is 1. The minimum atomic E-state index is 0.0757. The van der Waals surface area contributed by atoms with Gasteiger partial charge in [0.2, 0.25) is 0 Å². The molecule has 1 aromatic rings. The van der Waals surface area contributed by atoms with Gasteiger partial charge >= 0.3 is 0 Å².